The molecule has 0 radical (unpaired) electrons. The van der Waals surface area contributed by atoms with Gasteiger partial charge in [0.25, 0.3) is 0 Å². The maximum atomic E-state index is 11.2. The van der Waals surface area contributed by atoms with Gasteiger partial charge in [0.05, 0.1) is 17.7 Å². The van der Waals surface area contributed by atoms with E-state index in [1.807, 2.05) is 44.2 Å². The molecule has 0 aromatic heterocycles. The number of aromatic carboxylic acids is 1. The maximum absolute atomic E-state index is 11.2. The fraction of sp³-hybridized carbons (Fsp3) is 0.263. The number of hydrogen-bond acceptors (Lipinski definition) is 3. The Hall–Kier alpha value is -2.62. The van der Waals surface area contributed by atoms with Crippen LogP contribution in [0.15, 0.2) is 48.5 Å². The maximum Gasteiger partial charge on any atom is 0.338 e. The van der Waals surface area contributed by atoms with E-state index in [0.29, 0.717) is 17.7 Å². The fourth-order valence-electron chi connectivity index (χ4n) is 2.05. The molecule has 0 heterocycles. The lowest BCUT2D eigenvalue weighted by Gasteiger charge is -2.03. The Morgan fingerprint density at radius 1 is 0.957 bits per heavy atom. The molecule has 2 aromatic rings. The highest BCUT2D eigenvalue weighted by molar-refractivity contribution is 5.91. The van der Waals surface area contributed by atoms with Crippen LogP contribution in [0.25, 0.3) is 0 Å². The van der Waals surface area contributed by atoms with Crippen molar-refractivity contribution in [2.24, 2.45) is 0 Å². The zero-order valence-corrected chi connectivity index (χ0v) is 13.7. The number of carbonyl (C=O) groups is 2. The highest BCUT2D eigenvalue weighted by Gasteiger charge is 2.07. The van der Waals surface area contributed by atoms with Gasteiger partial charge in [-0.05, 0) is 43.5 Å². The van der Waals surface area contributed by atoms with Gasteiger partial charge in [-0.1, -0.05) is 43.3 Å². The lowest BCUT2D eigenvalue weighted by molar-refractivity contribution is 0.0525. The third-order valence-corrected chi connectivity index (χ3v) is 3.27. The normalized spacial score (nSPS) is 9.52. The molecule has 4 nitrogen and oxygen atoms in total. The first kappa shape index (κ1) is 18.4. The number of rotatable bonds is 4. The van der Waals surface area contributed by atoms with Gasteiger partial charge in [0.2, 0.25) is 0 Å². The summed E-state index contributed by atoms with van der Waals surface area (Å²) in [7, 11) is 0. The van der Waals surface area contributed by atoms with Crippen molar-refractivity contribution in [2.75, 3.05) is 6.61 Å². The minimum atomic E-state index is -0.845. The van der Waals surface area contributed by atoms with Crippen LogP contribution in [0.2, 0.25) is 0 Å². The summed E-state index contributed by atoms with van der Waals surface area (Å²) >= 11 is 0. The molecule has 4 heteroatoms. The summed E-state index contributed by atoms with van der Waals surface area (Å²) in [6, 6.07) is 14.5. The Bertz CT molecular complexity index is 662. The predicted octanol–water partition coefficient (Wildman–Crippen LogP) is 4.12. The molecule has 2 aromatic carbocycles. The molecule has 0 aliphatic heterocycles. The molecule has 122 valence electrons. The average molecular weight is 314 g/mol. The van der Waals surface area contributed by atoms with Crippen LogP contribution in [0.1, 0.15) is 45.7 Å². The number of carboxylic acids is 1. The van der Waals surface area contributed by atoms with Gasteiger partial charge in [0.15, 0.2) is 0 Å². The first-order valence-corrected chi connectivity index (χ1v) is 7.55. The van der Waals surface area contributed by atoms with Crippen molar-refractivity contribution >= 4 is 11.9 Å². The Labute approximate surface area is 136 Å². The van der Waals surface area contributed by atoms with Crippen molar-refractivity contribution in [3.63, 3.8) is 0 Å². The highest BCUT2D eigenvalue weighted by atomic mass is 16.5. The van der Waals surface area contributed by atoms with Gasteiger partial charge in [0, 0.05) is 0 Å². The second-order valence-electron chi connectivity index (χ2n) is 4.85. The van der Waals surface area contributed by atoms with E-state index in [0.717, 1.165) is 17.5 Å². The van der Waals surface area contributed by atoms with E-state index in [2.05, 4.69) is 0 Å². The van der Waals surface area contributed by atoms with Crippen molar-refractivity contribution in [2.45, 2.75) is 27.2 Å². The number of benzene rings is 2. The molecule has 0 saturated heterocycles. The monoisotopic (exact) mass is 314 g/mol. The zero-order valence-electron chi connectivity index (χ0n) is 13.7. The van der Waals surface area contributed by atoms with E-state index in [9.17, 15) is 9.59 Å². The Balaban J connectivity index is 0.000000231. The van der Waals surface area contributed by atoms with E-state index < -0.39 is 5.97 Å². The van der Waals surface area contributed by atoms with Crippen LogP contribution in [0.4, 0.5) is 0 Å². The van der Waals surface area contributed by atoms with Gasteiger partial charge in [-0.15, -0.1) is 0 Å². The van der Waals surface area contributed by atoms with Crippen molar-refractivity contribution in [3.8, 4) is 0 Å². The number of hydrogen-bond donors (Lipinski definition) is 1. The second-order valence-corrected chi connectivity index (χ2v) is 4.85. The van der Waals surface area contributed by atoms with Crippen molar-refractivity contribution < 1.29 is 19.4 Å². The van der Waals surface area contributed by atoms with Crippen LogP contribution in [0.5, 0.6) is 0 Å². The van der Waals surface area contributed by atoms with Crippen molar-refractivity contribution in [1.82, 2.24) is 0 Å². The molecule has 0 unspecified atom stereocenters. The molecule has 0 aliphatic rings. The van der Waals surface area contributed by atoms with E-state index in [1.165, 1.54) is 0 Å². The van der Waals surface area contributed by atoms with Crippen LogP contribution in [0.3, 0.4) is 0 Å². The SMILES string of the molecule is CCOC(=O)c1ccccc1C.CCc1ccccc1C(=O)O. The van der Waals surface area contributed by atoms with Gasteiger partial charge in [-0.3, -0.25) is 0 Å². The summed E-state index contributed by atoms with van der Waals surface area (Å²) in [6.07, 6.45) is 0.766. The summed E-state index contributed by atoms with van der Waals surface area (Å²) in [5.41, 5.74) is 2.91. The predicted molar refractivity (Wildman–Crippen MR) is 89.9 cm³/mol. The molecule has 0 amide bonds. The summed E-state index contributed by atoms with van der Waals surface area (Å²) in [5, 5.41) is 8.70. The van der Waals surface area contributed by atoms with Crippen molar-refractivity contribution in [3.05, 3.63) is 70.8 Å². The fourth-order valence-corrected chi connectivity index (χ4v) is 2.05. The van der Waals surface area contributed by atoms with Crippen LogP contribution in [-0.4, -0.2) is 23.7 Å². The van der Waals surface area contributed by atoms with Gasteiger partial charge >= 0.3 is 11.9 Å². The first-order valence-electron chi connectivity index (χ1n) is 7.55. The Morgan fingerprint density at radius 2 is 1.52 bits per heavy atom. The quantitative estimate of drug-likeness (QED) is 0.862. The summed E-state index contributed by atoms with van der Waals surface area (Å²) in [4.78, 5) is 21.8. The average Bonchev–Trinajstić information content (AvgIpc) is 2.56. The van der Waals surface area contributed by atoms with Gasteiger partial charge in [0.1, 0.15) is 0 Å². The van der Waals surface area contributed by atoms with E-state index >= 15 is 0 Å². The standard InChI is InChI=1S/C10H12O2.C9H10O2/c1-3-12-10(11)9-7-5-4-6-8(9)2;1-2-7-5-3-4-6-8(7)9(10)11/h4-7H,3H2,1-2H3;3-6H,2H2,1H3,(H,10,11). The van der Waals surface area contributed by atoms with Crippen LogP contribution in [-0.2, 0) is 11.2 Å². The lowest BCUT2D eigenvalue weighted by Crippen LogP contribution is -2.05. The number of aryl methyl sites for hydroxylation is 2. The summed E-state index contributed by atoms with van der Waals surface area (Å²) in [5.74, 6) is -1.09. The minimum Gasteiger partial charge on any atom is -0.478 e. The molecular weight excluding hydrogens is 292 g/mol. The topological polar surface area (TPSA) is 63.6 Å². The molecule has 0 bridgehead atoms. The first-order chi connectivity index (χ1) is 11.0. The van der Waals surface area contributed by atoms with Crippen LogP contribution >= 0.6 is 0 Å². The highest BCUT2D eigenvalue weighted by Crippen LogP contribution is 2.09. The minimum absolute atomic E-state index is 0.240. The molecule has 0 atom stereocenters. The largest absolute Gasteiger partial charge is 0.478 e. The smallest absolute Gasteiger partial charge is 0.338 e. The molecule has 1 N–H and O–H groups in total. The molecule has 0 spiro atoms. The van der Waals surface area contributed by atoms with Crippen LogP contribution < -0.4 is 0 Å². The molecule has 2 rings (SSSR count). The summed E-state index contributed by atoms with van der Waals surface area (Å²) in [6.45, 7) is 6.07. The molecule has 0 aliphatic carbocycles. The molecular formula is C19H22O4. The Morgan fingerprint density at radius 3 is 2.00 bits per heavy atom. The lowest BCUT2D eigenvalue weighted by atomic mass is 10.1. The third kappa shape index (κ3) is 5.58. The van der Waals surface area contributed by atoms with E-state index in [4.69, 9.17) is 9.84 Å². The van der Waals surface area contributed by atoms with Gasteiger partial charge in [-0.2, -0.15) is 0 Å². The molecule has 0 saturated carbocycles. The van der Waals surface area contributed by atoms with Gasteiger partial charge < -0.3 is 9.84 Å². The zero-order chi connectivity index (χ0) is 17.2. The van der Waals surface area contributed by atoms with Gasteiger partial charge in [-0.25, -0.2) is 9.59 Å². The molecule has 0 fully saturated rings. The second kappa shape index (κ2) is 9.41. The Kier molecular flexibility index (Phi) is 7.54. The van der Waals surface area contributed by atoms with Crippen LogP contribution in [0, 0.1) is 6.92 Å². The number of carboxylic acid groups (broad SMARTS) is 1. The number of carbonyl (C=O) groups excluding carboxylic acids is 1. The van der Waals surface area contributed by atoms with Crippen molar-refractivity contribution in [1.29, 1.82) is 0 Å². The number of ether oxygens (including phenoxy) is 1. The summed E-state index contributed by atoms with van der Waals surface area (Å²) < 4.78 is 4.87. The van der Waals surface area contributed by atoms with E-state index in [-0.39, 0.29) is 5.97 Å². The van der Waals surface area contributed by atoms with E-state index in [1.54, 1.807) is 25.1 Å². The number of esters is 1. The molecule has 23 heavy (non-hydrogen) atoms. The third-order valence-electron chi connectivity index (χ3n) is 3.27.